The van der Waals surface area contributed by atoms with Gasteiger partial charge in [0.25, 0.3) is 11.6 Å². The van der Waals surface area contributed by atoms with Gasteiger partial charge < -0.3 is 15.4 Å². The first-order chi connectivity index (χ1) is 9.41. The van der Waals surface area contributed by atoms with E-state index in [4.69, 9.17) is 10.5 Å². The minimum absolute atomic E-state index is 0.206. The summed E-state index contributed by atoms with van der Waals surface area (Å²) in [5.74, 6) is -1.46. The van der Waals surface area contributed by atoms with Crippen molar-refractivity contribution in [1.29, 1.82) is 0 Å². The summed E-state index contributed by atoms with van der Waals surface area (Å²) in [5, 5.41) is 11.0. The lowest BCUT2D eigenvalue weighted by Gasteiger charge is -2.33. The lowest BCUT2D eigenvalue weighted by molar-refractivity contribution is -0.385. The molecule has 1 fully saturated rings. The zero-order valence-electron chi connectivity index (χ0n) is 10.8. The molecule has 1 heterocycles. The molecule has 0 aliphatic carbocycles. The highest BCUT2D eigenvalue weighted by atomic mass is 19.1. The van der Waals surface area contributed by atoms with Gasteiger partial charge in [-0.15, -0.1) is 0 Å². The van der Waals surface area contributed by atoms with E-state index in [1.807, 2.05) is 0 Å². The lowest BCUT2D eigenvalue weighted by atomic mass is 10.1. The van der Waals surface area contributed by atoms with E-state index in [-0.39, 0.29) is 17.3 Å². The molecule has 0 aromatic heterocycles. The number of nitrogen functional groups attached to an aromatic ring is 1. The van der Waals surface area contributed by atoms with Crippen LogP contribution in [0.4, 0.5) is 15.8 Å². The molecular formula is C12H14FN3O4. The van der Waals surface area contributed by atoms with Crippen molar-refractivity contribution in [2.45, 2.75) is 13.0 Å². The summed E-state index contributed by atoms with van der Waals surface area (Å²) >= 11 is 0. The van der Waals surface area contributed by atoms with Crippen LogP contribution < -0.4 is 5.73 Å². The van der Waals surface area contributed by atoms with Crippen LogP contribution in [0.3, 0.4) is 0 Å². The second-order valence-corrected chi connectivity index (χ2v) is 4.57. The van der Waals surface area contributed by atoms with Crippen molar-refractivity contribution < 1.29 is 18.8 Å². The third kappa shape index (κ3) is 2.55. The number of nitrogens with two attached hydrogens (primary N) is 1. The van der Waals surface area contributed by atoms with E-state index >= 15 is 0 Å². The number of anilines is 1. The van der Waals surface area contributed by atoms with Crippen LogP contribution in [0.2, 0.25) is 0 Å². The van der Waals surface area contributed by atoms with E-state index in [9.17, 15) is 19.3 Å². The largest absolute Gasteiger partial charge is 0.396 e. The average molecular weight is 283 g/mol. The molecule has 1 aromatic carbocycles. The maximum absolute atomic E-state index is 13.3. The van der Waals surface area contributed by atoms with Crippen molar-refractivity contribution in [3.05, 3.63) is 33.6 Å². The fraction of sp³-hybridized carbons (Fsp3) is 0.417. The summed E-state index contributed by atoms with van der Waals surface area (Å²) < 4.78 is 18.5. The number of benzene rings is 1. The number of hydrogen-bond acceptors (Lipinski definition) is 5. The van der Waals surface area contributed by atoms with Crippen molar-refractivity contribution in [1.82, 2.24) is 4.90 Å². The second kappa shape index (κ2) is 5.41. The molecule has 0 bridgehead atoms. The molecule has 20 heavy (non-hydrogen) atoms. The van der Waals surface area contributed by atoms with Crippen LogP contribution in [-0.2, 0) is 4.74 Å². The molecule has 8 heteroatoms. The number of amides is 1. The number of halogens is 1. The number of nitrogens with zero attached hydrogens (tertiary/aromatic N) is 2. The van der Waals surface area contributed by atoms with Gasteiger partial charge in [-0.1, -0.05) is 0 Å². The van der Waals surface area contributed by atoms with Crippen molar-refractivity contribution in [3.63, 3.8) is 0 Å². The molecule has 1 aliphatic heterocycles. The van der Waals surface area contributed by atoms with E-state index in [2.05, 4.69) is 0 Å². The number of carbonyl (C=O) groups excluding carboxylic acids is 1. The van der Waals surface area contributed by atoms with Gasteiger partial charge in [0.1, 0.15) is 5.56 Å². The van der Waals surface area contributed by atoms with E-state index in [0.29, 0.717) is 25.8 Å². The average Bonchev–Trinajstić information content (AvgIpc) is 2.41. The number of ether oxygens (including phenoxy) is 1. The quantitative estimate of drug-likeness (QED) is 0.499. The summed E-state index contributed by atoms with van der Waals surface area (Å²) in [7, 11) is 0. The normalized spacial score (nSPS) is 18.9. The van der Waals surface area contributed by atoms with Crippen molar-refractivity contribution in [3.8, 4) is 0 Å². The Morgan fingerprint density at radius 3 is 2.90 bits per heavy atom. The van der Waals surface area contributed by atoms with Crippen LogP contribution in [-0.4, -0.2) is 41.5 Å². The molecule has 1 saturated heterocycles. The van der Waals surface area contributed by atoms with E-state index in [1.54, 1.807) is 6.92 Å². The Morgan fingerprint density at radius 1 is 1.60 bits per heavy atom. The number of rotatable bonds is 2. The maximum atomic E-state index is 13.3. The van der Waals surface area contributed by atoms with Gasteiger partial charge in [-0.2, -0.15) is 0 Å². The Bertz CT molecular complexity index is 564. The van der Waals surface area contributed by atoms with Gasteiger partial charge in [-0.25, -0.2) is 4.39 Å². The number of carbonyl (C=O) groups is 1. The number of nitro groups is 1. The second-order valence-electron chi connectivity index (χ2n) is 4.57. The van der Waals surface area contributed by atoms with Gasteiger partial charge in [0, 0.05) is 6.54 Å². The predicted octanol–water partition coefficient (Wildman–Crippen LogP) is 1.18. The first kappa shape index (κ1) is 14.2. The molecule has 0 spiro atoms. The Balaban J connectivity index is 2.42. The minimum Gasteiger partial charge on any atom is -0.396 e. The molecule has 0 saturated carbocycles. The van der Waals surface area contributed by atoms with E-state index in [0.717, 1.165) is 6.07 Å². The SMILES string of the molecule is CC1COCCN1C(=O)c1cc(N)c(F)cc1[N+](=O)[O-]. The molecule has 1 amide bonds. The van der Waals surface area contributed by atoms with E-state index < -0.39 is 22.3 Å². The first-order valence-electron chi connectivity index (χ1n) is 6.04. The molecule has 1 unspecified atom stereocenters. The van der Waals surface area contributed by atoms with Gasteiger partial charge in [0.2, 0.25) is 0 Å². The minimum atomic E-state index is -0.914. The number of hydrogen-bond donors (Lipinski definition) is 1. The van der Waals surface area contributed by atoms with Gasteiger partial charge in [0.15, 0.2) is 5.82 Å². The van der Waals surface area contributed by atoms with Gasteiger partial charge in [0.05, 0.1) is 35.9 Å². The highest BCUT2D eigenvalue weighted by Crippen LogP contribution is 2.26. The van der Waals surface area contributed by atoms with Crippen LogP contribution in [0.25, 0.3) is 0 Å². The third-order valence-corrected chi connectivity index (χ3v) is 3.17. The van der Waals surface area contributed by atoms with Crippen LogP contribution in [0.15, 0.2) is 12.1 Å². The van der Waals surface area contributed by atoms with Crippen LogP contribution in [0.1, 0.15) is 17.3 Å². The standard InChI is InChI=1S/C12H14FN3O4/c1-7-6-20-3-2-15(7)12(17)8-4-10(14)9(13)5-11(8)16(18)19/h4-5,7H,2-3,6,14H2,1H3. The lowest BCUT2D eigenvalue weighted by Crippen LogP contribution is -2.47. The molecular weight excluding hydrogens is 269 g/mol. The zero-order valence-corrected chi connectivity index (χ0v) is 10.8. The van der Waals surface area contributed by atoms with Gasteiger partial charge in [-0.05, 0) is 13.0 Å². The van der Waals surface area contributed by atoms with Crippen LogP contribution >= 0.6 is 0 Å². The molecule has 0 radical (unpaired) electrons. The monoisotopic (exact) mass is 283 g/mol. The Morgan fingerprint density at radius 2 is 2.30 bits per heavy atom. The number of morpholine rings is 1. The van der Waals surface area contributed by atoms with E-state index in [1.165, 1.54) is 4.90 Å². The Hall–Kier alpha value is -2.22. The van der Waals surface area contributed by atoms with Gasteiger partial charge in [-0.3, -0.25) is 14.9 Å². The topological polar surface area (TPSA) is 98.7 Å². The van der Waals surface area contributed by atoms with Crippen molar-refractivity contribution >= 4 is 17.3 Å². The fourth-order valence-corrected chi connectivity index (χ4v) is 2.09. The summed E-state index contributed by atoms with van der Waals surface area (Å²) in [4.78, 5) is 24.0. The molecule has 1 aliphatic rings. The molecule has 2 rings (SSSR count). The molecule has 1 atom stereocenters. The molecule has 1 aromatic rings. The van der Waals surface area contributed by atoms with Gasteiger partial charge >= 0.3 is 0 Å². The summed E-state index contributed by atoms with van der Waals surface area (Å²) in [6.07, 6.45) is 0. The Kier molecular flexibility index (Phi) is 3.84. The highest BCUT2D eigenvalue weighted by Gasteiger charge is 2.30. The van der Waals surface area contributed by atoms with Crippen LogP contribution in [0.5, 0.6) is 0 Å². The van der Waals surface area contributed by atoms with Crippen molar-refractivity contribution in [2.24, 2.45) is 0 Å². The summed E-state index contributed by atoms with van der Waals surface area (Å²) in [6, 6.07) is 1.48. The zero-order chi connectivity index (χ0) is 14.9. The summed E-state index contributed by atoms with van der Waals surface area (Å²) in [5.41, 5.74) is 4.32. The van der Waals surface area contributed by atoms with Crippen molar-refractivity contribution in [2.75, 3.05) is 25.5 Å². The smallest absolute Gasteiger partial charge is 0.285 e. The highest BCUT2D eigenvalue weighted by molar-refractivity contribution is 5.99. The molecule has 2 N–H and O–H groups in total. The molecule has 108 valence electrons. The third-order valence-electron chi connectivity index (χ3n) is 3.17. The fourth-order valence-electron chi connectivity index (χ4n) is 2.09. The number of nitro benzene ring substituents is 1. The van der Waals surface area contributed by atoms with Crippen LogP contribution in [0, 0.1) is 15.9 Å². The summed E-state index contributed by atoms with van der Waals surface area (Å²) in [6.45, 7) is 2.82. The molecule has 7 nitrogen and oxygen atoms in total. The Labute approximate surface area is 114 Å². The maximum Gasteiger partial charge on any atom is 0.285 e. The predicted molar refractivity (Wildman–Crippen MR) is 68.8 cm³/mol. The first-order valence-corrected chi connectivity index (χ1v) is 6.04.